The summed E-state index contributed by atoms with van der Waals surface area (Å²) in [6.45, 7) is 10.2. The molecule has 1 aliphatic rings. The molecule has 2 aromatic rings. The minimum absolute atomic E-state index is 0.196. The van der Waals surface area contributed by atoms with E-state index >= 15 is 0 Å². The first kappa shape index (κ1) is 15.3. The van der Waals surface area contributed by atoms with Crippen molar-refractivity contribution in [2.75, 3.05) is 6.54 Å². The van der Waals surface area contributed by atoms with Crippen molar-refractivity contribution in [3.8, 4) is 5.75 Å². The van der Waals surface area contributed by atoms with Crippen molar-refractivity contribution in [3.05, 3.63) is 36.7 Å². The minimum atomic E-state index is 0.196. The second-order valence-corrected chi connectivity index (χ2v) is 7.21. The number of fused-ring (bicyclic) bond motifs is 1. The fourth-order valence-corrected chi connectivity index (χ4v) is 3.54. The first-order valence-electron chi connectivity index (χ1n) is 8.25. The third-order valence-electron chi connectivity index (χ3n) is 4.64. The largest absolute Gasteiger partial charge is 0.488 e. The Morgan fingerprint density at radius 3 is 2.77 bits per heavy atom. The van der Waals surface area contributed by atoms with Gasteiger partial charge in [0.25, 0.3) is 0 Å². The molecule has 3 heteroatoms. The summed E-state index contributed by atoms with van der Waals surface area (Å²) < 4.78 is 6.38. The quantitative estimate of drug-likeness (QED) is 0.846. The van der Waals surface area contributed by atoms with Crippen LogP contribution in [-0.4, -0.2) is 34.1 Å². The third kappa shape index (κ3) is 2.95. The van der Waals surface area contributed by atoms with Crippen LogP contribution in [0.3, 0.4) is 0 Å². The van der Waals surface area contributed by atoms with Crippen LogP contribution in [0.2, 0.25) is 0 Å². The van der Waals surface area contributed by atoms with Crippen LogP contribution >= 0.6 is 0 Å². The molecule has 1 aliphatic heterocycles. The maximum Gasteiger partial charge on any atom is 0.127 e. The summed E-state index contributed by atoms with van der Waals surface area (Å²) >= 11 is 0. The summed E-state index contributed by atoms with van der Waals surface area (Å²) in [5.41, 5.74) is 0.196. The standard InChI is InChI=1S/C19H26N2O/c1-5-15-11-16(13-21(15)19(2,3)4)22-18-8-6-7-14-12-20-10-9-17(14)18/h6-10,12,15-16H,5,11,13H2,1-4H3. The molecule has 2 atom stereocenters. The van der Waals surface area contributed by atoms with Crippen molar-refractivity contribution in [3.63, 3.8) is 0 Å². The van der Waals surface area contributed by atoms with E-state index in [-0.39, 0.29) is 11.6 Å². The van der Waals surface area contributed by atoms with Crippen molar-refractivity contribution in [2.24, 2.45) is 0 Å². The number of hydrogen-bond acceptors (Lipinski definition) is 3. The second kappa shape index (κ2) is 5.88. The summed E-state index contributed by atoms with van der Waals surface area (Å²) in [4.78, 5) is 6.78. The van der Waals surface area contributed by atoms with E-state index in [9.17, 15) is 0 Å². The Labute approximate surface area is 133 Å². The molecule has 0 saturated carbocycles. The lowest BCUT2D eigenvalue weighted by molar-refractivity contribution is 0.107. The number of hydrogen-bond donors (Lipinski definition) is 0. The van der Waals surface area contributed by atoms with Crippen molar-refractivity contribution >= 4 is 10.8 Å². The van der Waals surface area contributed by atoms with Crippen LogP contribution < -0.4 is 4.74 Å². The van der Waals surface area contributed by atoms with Crippen LogP contribution in [0.4, 0.5) is 0 Å². The van der Waals surface area contributed by atoms with E-state index in [1.165, 1.54) is 6.42 Å². The van der Waals surface area contributed by atoms with E-state index in [1.807, 2.05) is 24.5 Å². The fourth-order valence-electron chi connectivity index (χ4n) is 3.54. The number of rotatable bonds is 3. The van der Waals surface area contributed by atoms with E-state index in [0.717, 1.165) is 29.5 Å². The molecule has 2 unspecified atom stereocenters. The summed E-state index contributed by atoms with van der Waals surface area (Å²) in [6.07, 6.45) is 6.28. The Kier molecular flexibility index (Phi) is 4.09. The Morgan fingerprint density at radius 2 is 2.09 bits per heavy atom. The lowest BCUT2D eigenvalue weighted by atomic mass is 10.0. The Morgan fingerprint density at radius 1 is 1.27 bits per heavy atom. The number of nitrogens with zero attached hydrogens (tertiary/aromatic N) is 2. The molecular weight excluding hydrogens is 272 g/mol. The van der Waals surface area contributed by atoms with Gasteiger partial charge < -0.3 is 4.74 Å². The third-order valence-corrected chi connectivity index (χ3v) is 4.64. The van der Waals surface area contributed by atoms with Crippen LogP contribution in [0.25, 0.3) is 10.8 Å². The number of ether oxygens (including phenoxy) is 1. The maximum atomic E-state index is 6.38. The van der Waals surface area contributed by atoms with Crippen LogP contribution in [0.5, 0.6) is 5.75 Å². The van der Waals surface area contributed by atoms with Crippen molar-refractivity contribution in [2.45, 2.75) is 58.2 Å². The average molecular weight is 298 g/mol. The Bertz CT molecular complexity index is 642. The molecule has 3 rings (SSSR count). The Balaban J connectivity index is 1.81. The zero-order valence-electron chi connectivity index (χ0n) is 14.0. The van der Waals surface area contributed by atoms with Gasteiger partial charge in [-0.15, -0.1) is 0 Å². The summed E-state index contributed by atoms with van der Waals surface area (Å²) in [6, 6.07) is 8.86. The SMILES string of the molecule is CCC1CC(Oc2cccc3cnccc23)CN1C(C)(C)C. The van der Waals surface area contributed by atoms with Gasteiger partial charge in [-0.3, -0.25) is 9.88 Å². The van der Waals surface area contributed by atoms with Gasteiger partial charge in [-0.1, -0.05) is 19.1 Å². The highest BCUT2D eigenvalue weighted by atomic mass is 16.5. The minimum Gasteiger partial charge on any atom is -0.488 e. The monoisotopic (exact) mass is 298 g/mol. The maximum absolute atomic E-state index is 6.38. The van der Waals surface area contributed by atoms with Gasteiger partial charge in [0.05, 0.1) is 0 Å². The Hall–Kier alpha value is -1.61. The van der Waals surface area contributed by atoms with Gasteiger partial charge in [-0.25, -0.2) is 0 Å². The molecule has 1 saturated heterocycles. The lowest BCUT2D eigenvalue weighted by Gasteiger charge is -2.36. The van der Waals surface area contributed by atoms with Crippen molar-refractivity contribution < 1.29 is 4.74 Å². The van der Waals surface area contributed by atoms with Gasteiger partial charge in [0.1, 0.15) is 11.9 Å². The highest BCUT2D eigenvalue weighted by Crippen LogP contribution is 2.32. The fraction of sp³-hybridized carbons (Fsp3) is 0.526. The molecule has 2 heterocycles. The molecule has 1 fully saturated rings. The van der Waals surface area contributed by atoms with Crippen molar-refractivity contribution in [1.82, 2.24) is 9.88 Å². The first-order chi connectivity index (χ1) is 10.5. The molecule has 1 aromatic heterocycles. The van der Waals surface area contributed by atoms with Crippen molar-refractivity contribution in [1.29, 1.82) is 0 Å². The summed E-state index contributed by atoms with van der Waals surface area (Å²) in [7, 11) is 0. The van der Waals surface area contributed by atoms with E-state index in [2.05, 4.69) is 49.7 Å². The number of aromatic nitrogens is 1. The molecule has 0 bridgehead atoms. The van der Waals surface area contributed by atoms with Gasteiger partial charge in [0.2, 0.25) is 0 Å². The van der Waals surface area contributed by atoms with Crippen LogP contribution in [0, 0.1) is 0 Å². The molecule has 0 aliphatic carbocycles. The van der Waals surface area contributed by atoms with Crippen LogP contribution in [0.15, 0.2) is 36.7 Å². The predicted molar refractivity (Wildman–Crippen MR) is 91.3 cm³/mol. The topological polar surface area (TPSA) is 25.4 Å². The van der Waals surface area contributed by atoms with Gasteiger partial charge in [0.15, 0.2) is 0 Å². The molecular formula is C19H26N2O. The molecule has 1 aromatic carbocycles. The zero-order chi connectivity index (χ0) is 15.7. The normalized spacial score (nSPS) is 23.1. The molecule has 118 valence electrons. The molecule has 0 spiro atoms. The smallest absolute Gasteiger partial charge is 0.127 e. The van der Waals surface area contributed by atoms with Gasteiger partial charge in [-0.2, -0.15) is 0 Å². The van der Waals surface area contributed by atoms with Gasteiger partial charge >= 0.3 is 0 Å². The van der Waals surface area contributed by atoms with Crippen LogP contribution in [0.1, 0.15) is 40.5 Å². The molecule has 0 amide bonds. The van der Waals surface area contributed by atoms with E-state index in [4.69, 9.17) is 4.74 Å². The average Bonchev–Trinajstić information content (AvgIpc) is 2.91. The van der Waals surface area contributed by atoms with Gasteiger partial charge in [0, 0.05) is 47.7 Å². The zero-order valence-corrected chi connectivity index (χ0v) is 14.0. The highest BCUT2D eigenvalue weighted by molar-refractivity contribution is 5.87. The molecule has 0 N–H and O–H groups in total. The highest BCUT2D eigenvalue weighted by Gasteiger charge is 2.38. The lowest BCUT2D eigenvalue weighted by Crippen LogP contribution is -2.44. The number of pyridine rings is 1. The predicted octanol–water partition coefficient (Wildman–Crippen LogP) is 4.27. The molecule has 22 heavy (non-hydrogen) atoms. The van der Waals surface area contributed by atoms with E-state index in [1.54, 1.807) is 0 Å². The molecule has 0 radical (unpaired) electrons. The summed E-state index contributed by atoms with van der Waals surface area (Å²) in [5.74, 6) is 0.982. The molecule has 3 nitrogen and oxygen atoms in total. The first-order valence-corrected chi connectivity index (χ1v) is 8.25. The van der Waals surface area contributed by atoms with E-state index in [0.29, 0.717) is 6.04 Å². The second-order valence-electron chi connectivity index (χ2n) is 7.21. The van der Waals surface area contributed by atoms with E-state index < -0.39 is 0 Å². The number of likely N-dealkylation sites (tertiary alicyclic amines) is 1. The van der Waals surface area contributed by atoms with Crippen LogP contribution in [-0.2, 0) is 0 Å². The number of benzene rings is 1. The van der Waals surface area contributed by atoms with Gasteiger partial charge in [-0.05, 0) is 39.3 Å². The summed E-state index contributed by atoms with van der Waals surface area (Å²) in [5, 5.41) is 2.29.